The summed E-state index contributed by atoms with van der Waals surface area (Å²) >= 11 is 6.71. The number of amides is 1. The Morgan fingerprint density at radius 3 is 2.51 bits per heavy atom. The molecular weight excluding hydrogens is 464 g/mol. The van der Waals surface area contributed by atoms with Gasteiger partial charge >= 0.3 is 5.97 Å². The van der Waals surface area contributed by atoms with Crippen LogP contribution in [-0.2, 0) is 16.0 Å². The van der Waals surface area contributed by atoms with Crippen LogP contribution in [0.4, 0.5) is 5.69 Å². The Labute approximate surface area is 213 Å². The number of nitrogens with one attached hydrogen (secondary N) is 1. The number of hydrogen-bond acceptors (Lipinski definition) is 5. The first kappa shape index (κ1) is 26.9. The molecule has 35 heavy (non-hydrogen) atoms. The van der Waals surface area contributed by atoms with Gasteiger partial charge in [0.25, 0.3) is 0 Å². The molecule has 0 aliphatic carbocycles. The highest BCUT2D eigenvalue weighted by atomic mass is 35.5. The Morgan fingerprint density at radius 1 is 1.06 bits per heavy atom. The number of anilines is 1. The van der Waals surface area contributed by atoms with E-state index in [9.17, 15) is 9.59 Å². The third-order valence-corrected chi connectivity index (χ3v) is 6.52. The largest absolute Gasteiger partial charge is 0.493 e. The average Bonchev–Trinajstić information content (AvgIpc) is 2.84. The lowest BCUT2D eigenvalue weighted by Gasteiger charge is -2.33. The molecule has 0 bridgehead atoms. The summed E-state index contributed by atoms with van der Waals surface area (Å²) in [7, 11) is 0. The first-order valence-corrected chi connectivity index (χ1v) is 13.1. The average molecular weight is 501 g/mol. The zero-order chi connectivity index (χ0) is 25.2. The van der Waals surface area contributed by atoms with Crippen LogP contribution in [0, 0.1) is 0 Å². The third kappa shape index (κ3) is 7.14. The van der Waals surface area contributed by atoms with Gasteiger partial charge in [0.05, 0.1) is 25.7 Å². The van der Waals surface area contributed by atoms with Crippen molar-refractivity contribution in [2.45, 2.75) is 65.3 Å². The molecule has 190 valence electrons. The number of halogens is 1. The summed E-state index contributed by atoms with van der Waals surface area (Å²) in [5.41, 5.74) is 3.25. The maximum atomic E-state index is 13.2. The van der Waals surface area contributed by atoms with E-state index in [-0.39, 0.29) is 25.0 Å². The molecule has 0 saturated carbocycles. The van der Waals surface area contributed by atoms with Crippen molar-refractivity contribution in [2.24, 2.45) is 0 Å². The van der Waals surface area contributed by atoms with E-state index in [4.69, 9.17) is 21.1 Å². The Bertz CT molecular complexity index is 1000. The van der Waals surface area contributed by atoms with Crippen molar-refractivity contribution >= 4 is 29.2 Å². The molecule has 1 atom stereocenters. The molecule has 0 aromatic heterocycles. The van der Waals surface area contributed by atoms with Gasteiger partial charge in [-0.25, -0.2) is 4.79 Å². The number of nitrogens with zero attached hydrogens (tertiary/aromatic N) is 1. The summed E-state index contributed by atoms with van der Waals surface area (Å²) in [6.45, 7) is 8.44. The molecule has 2 aromatic carbocycles. The zero-order valence-corrected chi connectivity index (χ0v) is 21.8. The molecular formula is C28H37ClN2O4. The van der Waals surface area contributed by atoms with Gasteiger partial charge in [0.2, 0.25) is 5.91 Å². The molecule has 1 saturated heterocycles. The lowest BCUT2D eigenvalue weighted by Crippen LogP contribution is -2.34. The lowest BCUT2D eigenvalue weighted by molar-refractivity contribution is -0.121. The highest BCUT2D eigenvalue weighted by molar-refractivity contribution is 6.31. The van der Waals surface area contributed by atoms with Gasteiger partial charge in [0, 0.05) is 29.4 Å². The molecule has 1 heterocycles. The number of carbonyl (C=O) groups excluding carboxylic acids is 2. The SMILES string of the molecule is CCCC(NC(=O)Cc1ccc(C(=O)OCC)c(OCC)c1)c1c(Cl)cccc1N1CCCCC1. The Morgan fingerprint density at radius 2 is 1.83 bits per heavy atom. The number of rotatable bonds is 11. The van der Waals surface area contributed by atoms with E-state index < -0.39 is 5.97 Å². The van der Waals surface area contributed by atoms with Gasteiger partial charge in [0.1, 0.15) is 11.3 Å². The van der Waals surface area contributed by atoms with E-state index in [0.717, 1.165) is 42.7 Å². The second kappa shape index (κ2) is 13.4. The van der Waals surface area contributed by atoms with Gasteiger partial charge in [-0.15, -0.1) is 0 Å². The van der Waals surface area contributed by atoms with Crippen molar-refractivity contribution in [3.8, 4) is 5.75 Å². The normalized spacial score (nSPS) is 14.3. The monoisotopic (exact) mass is 500 g/mol. The molecule has 7 heteroatoms. The molecule has 1 fully saturated rings. The van der Waals surface area contributed by atoms with Crippen LogP contribution in [0.15, 0.2) is 36.4 Å². The maximum Gasteiger partial charge on any atom is 0.341 e. The number of benzene rings is 2. The smallest absolute Gasteiger partial charge is 0.341 e. The van der Waals surface area contributed by atoms with Gasteiger partial charge < -0.3 is 19.7 Å². The molecule has 6 nitrogen and oxygen atoms in total. The summed E-state index contributed by atoms with van der Waals surface area (Å²) < 4.78 is 10.8. The summed E-state index contributed by atoms with van der Waals surface area (Å²) in [6, 6.07) is 11.0. The van der Waals surface area contributed by atoms with Crippen LogP contribution in [0.1, 0.15) is 80.4 Å². The van der Waals surface area contributed by atoms with Crippen molar-refractivity contribution in [3.63, 3.8) is 0 Å². The van der Waals surface area contributed by atoms with Gasteiger partial charge in [0.15, 0.2) is 0 Å². The van der Waals surface area contributed by atoms with E-state index in [1.807, 2.05) is 19.1 Å². The van der Waals surface area contributed by atoms with Crippen LogP contribution < -0.4 is 15.0 Å². The van der Waals surface area contributed by atoms with Gasteiger partial charge in [-0.3, -0.25) is 4.79 Å². The predicted octanol–water partition coefficient (Wildman–Crippen LogP) is 6.11. The predicted molar refractivity (Wildman–Crippen MR) is 141 cm³/mol. The van der Waals surface area contributed by atoms with Gasteiger partial charge in [-0.05, 0) is 69.4 Å². The molecule has 0 spiro atoms. The quantitative estimate of drug-likeness (QED) is 0.377. The van der Waals surface area contributed by atoms with Gasteiger partial charge in [-0.1, -0.05) is 37.1 Å². The van der Waals surface area contributed by atoms with E-state index in [0.29, 0.717) is 22.9 Å². The molecule has 1 unspecified atom stereocenters. The Kier molecular flexibility index (Phi) is 10.3. The second-order valence-corrected chi connectivity index (χ2v) is 9.20. The zero-order valence-electron chi connectivity index (χ0n) is 21.1. The minimum absolute atomic E-state index is 0.0979. The fourth-order valence-corrected chi connectivity index (χ4v) is 4.92. The van der Waals surface area contributed by atoms with Crippen LogP contribution >= 0.6 is 11.6 Å². The Hall–Kier alpha value is -2.73. The first-order valence-electron chi connectivity index (χ1n) is 12.7. The summed E-state index contributed by atoms with van der Waals surface area (Å²) in [5.74, 6) is -0.0990. The lowest BCUT2D eigenvalue weighted by atomic mass is 9.97. The van der Waals surface area contributed by atoms with Crippen molar-refractivity contribution in [1.29, 1.82) is 0 Å². The summed E-state index contributed by atoms with van der Waals surface area (Å²) in [5, 5.41) is 3.91. The molecule has 3 rings (SSSR count). The van der Waals surface area contributed by atoms with Crippen molar-refractivity contribution in [1.82, 2.24) is 5.32 Å². The van der Waals surface area contributed by atoms with Crippen molar-refractivity contribution in [2.75, 3.05) is 31.2 Å². The standard InChI is InChI=1S/C28H37ClN2O4/c1-4-11-23(27-22(29)12-10-13-24(27)31-16-8-7-9-17-31)30-26(32)19-20-14-15-21(28(33)35-6-3)25(18-20)34-5-2/h10,12-15,18,23H,4-9,11,16-17,19H2,1-3H3,(H,30,32). The summed E-state index contributed by atoms with van der Waals surface area (Å²) in [6.07, 6.45) is 5.47. The summed E-state index contributed by atoms with van der Waals surface area (Å²) in [4.78, 5) is 27.8. The topological polar surface area (TPSA) is 67.9 Å². The van der Waals surface area contributed by atoms with Crippen LogP contribution in [0.25, 0.3) is 0 Å². The minimum atomic E-state index is -0.432. The minimum Gasteiger partial charge on any atom is -0.493 e. The van der Waals surface area contributed by atoms with E-state index in [1.165, 1.54) is 19.3 Å². The number of carbonyl (C=O) groups is 2. The van der Waals surface area contributed by atoms with E-state index in [2.05, 4.69) is 23.2 Å². The van der Waals surface area contributed by atoms with Crippen LogP contribution in [0.3, 0.4) is 0 Å². The van der Waals surface area contributed by atoms with Crippen LogP contribution in [0.5, 0.6) is 5.75 Å². The first-order chi connectivity index (χ1) is 17.0. The van der Waals surface area contributed by atoms with Crippen LogP contribution in [-0.4, -0.2) is 38.2 Å². The molecule has 1 amide bonds. The highest BCUT2D eigenvalue weighted by Gasteiger charge is 2.24. The maximum absolute atomic E-state index is 13.2. The molecule has 1 N–H and O–H groups in total. The van der Waals surface area contributed by atoms with E-state index in [1.54, 1.807) is 25.1 Å². The van der Waals surface area contributed by atoms with Gasteiger partial charge in [-0.2, -0.15) is 0 Å². The fourth-order valence-electron chi connectivity index (χ4n) is 4.62. The molecule has 2 aromatic rings. The Balaban J connectivity index is 1.80. The van der Waals surface area contributed by atoms with Crippen molar-refractivity contribution < 1.29 is 19.1 Å². The van der Waals surface area contributed by atoms with Crippen molar-refractivity contribution in [3.05, 3.63) is 58.1 Å². The number of hydrogen-bond donors (Lipinski definition) is 1. The third-order valence-electron chi connectivity index (χ3n) is 6.19. The molecule has 0 radical (unpaired) electrons. The van der Waals surface area contributed by atoms with E-state index >= 15 is 0 Å². The molecule has 1 aliphatic heterocycles. The number of esters is 1. The van der Waals surface area contributed by atoms with Crippen LogP contribution in [0.2, 0.25) is 5.02 Å². The molecule has 1 aliphatic rings. The number of piperidine rings is 1. The number of ether oxygens (including phenoxy) is 2. The fraction of sp³-hybridized carbons (Fsp3) is 0.500. The second-order valence-electron chi connectivity index (χ2n) is 8.79. The highest BCUT2D eigenvalue weighted by Crippen LogP contribution is 2.36.